The highest BCUT2D eigenvalue weighted by Gasteiger charge is 2.27. The van der Waals surface area contributed by atoms with Crippen LogP contribution >= 0.6 is 0 Å². The van der Waals surface area contributed by atoms with Crippen LogP contribution in [0.4, 0.5) is 0 Å². The molecule has 1 rings (SSSR count). The van der Waals surface area contributed by atoms with Gasteiger partial charge < -0.3 is 15.2 Å². The van der Waals surface area contributed by atoms with Crippen molar-refractivity contribution in [1.82, 2.24) is 5.32 Å². The van der Waals surface area contributed by atoms with E-state index in [1.165, 1.54) is 16.7 Å². The van der Waals surface area contributed by atoms with Crippen LogP contribution in [0.3, 0.4) is 0 Å². The highest BCUT2D eigenvalue weighted by molar-refractivity contribution is 5.42. The monoisotopic (exact) mass is 293 g/mol. The van der Waals surface area contributed by atoms with Gasteiger partial charge in [-0.2, -0.15) is 0 Å². The number of ether oxygens (including phenoxy) is 1. The molecule has 120 valence electrons. The van der Waals surface area contributed by atoms with Crippen LogP contribution in [-0.4, -0.2) is 29.4 Å². The van der Waals surface area contributed by atoms with Gasteiger partial charge in [-0.3, -0.25) is 0 Å². The van der Waals surface area contributed by atoms with Gasteiger partial charge in [0.2, 0.25) is 0 Å². The molecule has 1 aromatic carbocycles. The lowest BCUT2D eigenvalue weighted by atomic mass is 9.94. The Bertz CT molecular complexity index is 471. The molecule has 0 amide bonds. The molecule has 0 heterocycles. The first-order chi connectivity index (χ1) is 9.66. The Labute approximate surface area is 129 Å². The lowest BCUT2D eigenvalue weighted by Crippen LogP contribution is -2.51. The van der Waals surface area contributed by atoms with Crippen LogP contribution in [0.25, 0.3) is 0 Å². The Balaban J connectivity index is 2.79. The van der Waals surface area contributed by atoms with Gasteiger partial charge in [0, 0.05) is 18.0 Å². The van der Waals surface area contributed by atoms with E-state index in [1.807, 2.05) is 6.92 Å². The Kier molecular flexibility index (Phi) is 6.24. The van der Waals surface area contributed by atoms with Crippen LogP contribution in [0.2, 0.25) is 0 Å². The van der Waals surface area contributed by atoms with Crippen molar-refractivity contribution < 1.29 is 9.84 Å². The van der Waals surface area contributed by atoms with Crippen molar-refractivity contribution in [3.63, 3.8) is 0 Å². The molecular formula is C18H31NO2. The largest absolute Gasteiger partial charge is 0.490 e. The third kappa shape index (κ3) is 5.33. The van der Waals surface area contributed by atoms with Gasteiger partial charge in [-0.15, -0.1) is 0 Å². The average Bonchev–Trinajstić information content (AvgIpc) is 2.34. The molecule has 0 aromatic heterocycles. The molecule has 1 aromatic rings. The molecule has 3 heteroatoms. The summed E-state index contributed by atoms with van der Waals surface area (Å²) in [7, 11) is 0. The molecule has 0 aliphatic heterocycles. The molecule has 2 atom stereocenters. The maximum Gasteiger partial charge on any atom is 0.123 e. The Morgan fingerprint density at radius 1 is 1.19 bits per heavy atom. The van der Waals surface area contributed by atoms with Crippen LogP contribution in [0.1, 0.15) is 50.8 Å². The van der Waals surface area contributed by atoms with Crippen LogP contribution in [-0.2, 0) is 0 Å². The quantitative estimate of drug-likeness (QED) is 0.808. The standard InChI is InChI=1S/C18H31NO2/c1-12(2)19-18(7,11-20)10-15(5)21-17-9-13(3)8-14(4)16(17)6/h8-9,12,15,19-20H,10-11H2,1-7H3. The Morgan fingerprint density at radius 2 is 1.81 bits per heavy atom. The van der Waals surface area contributed by atoms with Crippen molar-refractivity contribution in [2.75, 3.05) is 6.61 Å². The summed E-state index contributed by atoms with van der Waals surface area (Å²) in [6, 6.07) is 4.59. The van der Waals surface area contributed by atoms with Crippen LogP contribution in [0.5, 0.6) is 5.75 Å². The molecule has 3 nitrogen and oxygen atoms in total. The van der Waals surface area contributed by atoms with E-state index in [9.17, 15) is 5.11 Å². The number of rotatable bonds is 7. The Morgan fingerprint density at radius 3 is 2.33 bits per heavy atom. The highest BCUT2D eigenvalue weighted by Crippen LogP contribution is 2.26. The van der Waals surface area contributed by atoms with E-state index in [0.717, 1.165) is 12.2 Å². The molecule has 0 aliphatic carbocycles. The number of aliphatic hydroxyl groups excluding tert-OH is 1. The second kappa shape index (κ2) is 7.28. The molecule has 0 saturated carbocycles. The zero-order valence-corrected chi connectivity index (χ0v) is 14.6. The van der Waals surface area contributed by atoms with E-state index in [-0.39, 0.29) is 18.2 Å². The number of benzene rings is 1. The summed E-state index contributed by atoms with van der Waals surface area (Å²) in [5.74, 6) is 0.949. The summed E-state index contributed by atoms with van der Waals surface area (Å²) in [4.78, 5) is 0. The van der Waals surface area contributed by atoms with Crippen molar-refractivity contribution in [3.8, 4) is 5.75 Å². The molecular weight excluding hydrogens is 262 g/mol. The van der Waals surface area contributed by atoms with Crippen molar-refractivity contribution in [3.05, 3.63) is 28.8 Å². The fourth-order valence-electron chi connectivity index (χ4n) is 2.88. The van der Waals surface area contributed by atoms with Gasteiger partial charge in [0.1, 0.15) is 5.75 Å². The van der Waals surface area contributed by atoms with Crippen molar-refractivity contribution in [1.29, 1.82) is 0 Å². The first-order valence-corrected chi connectivity index (χ1v) is 7.80. The maximum atomic E-state index is 9.67. The molecule has 0 saturated heterocycles. The lowest BCUT2D eigenvalue weighted by molar-refractivity contribution is 0.104. The van der Waals surface area contributed by atoms with Crippen molar-refractivity contribution >= 4 is 0 Å². The minimum atomic E-state index is -0.319. The second-order valence-electron chi connectivity index (χ2n) is 6.86. The number of aliphatic hydroxyl groups is 1. The number of hydrogen-bond donors (Lipinski definition) is 2. The number of hydrogen-bond acceptors (Lipinski definition) is 3. The van der Waals surface area contributed by atoms with Gasteiger partial charge in [0.25, 0.3) is 0 Å². The highest BCUT2D eigenvalue weighted by atomic mass is 16.5. The molecule has 0 aliphatic rings. The Hall–Kier alpha value is -1.06. The van der Waals surface area contributed by atoms with Crippen molar-refractivity contribution in [2.24, 2.45) is 0 Å². The maximum absolute atomic E-state index is 9.67. The summed E-state index contributed by atoms with van der Waals surface area (Å²) in [6.45, 7) is 14.7. The molecule has 0 fully saturated rings. The molecule has 0 spiro atoms. The van der Waals surface area contributed by atoms with Crippen molar-refractivity contribution in [2.45, 2.75) is 72.6 Å². The van der Waals surface area contributed by atoms with E-state index in [4.69, 9.17) is 4.74 Å². The first kappa shape index (κ1) is 18.0. The summed E-state index contributed by atoms with van der Waals surface area (Å²) in [6.07, 6.45) is 0.794. The summed E-state index contributed by atoms with van der Waals surface area (Å²) >= 11 is 0. The lowest BCUT2D eigenvalue weighted by Gasteiger charge is -2.33. The van der Waals surface area contributed by atoms with E-state index in [0.29, 0.717) is 6.04 Å². The fraction of sp³-hybridized carbons (Fsp3) is 0.667. The molecule has 0 radical (unpaired) electrons. The van der Waals surface area contributed by atoms with Gasteiger partial charge >= 0.3 is 0 Å². The second-order valence-corrected chi connectivity index (χ2v) is 6.86. The molecule has 0 bridgehead atoms. The fourth-order valence-corrected chi connectivity index (χ4v) is 2.88. The predicted octanol–water partition coefficient (Wildman–Crippen LogP) is 3.52. The smallest absolute Gasteiger partial charge is 0.123 e. The molecule has 2 N–H and O–H groups in total. The van der Waals surface area contributed by atoms with Gasteiger partial charge in [-0.05, 0) is 57.4 Å². The zero-order valence-electron chi connectivity index (χ0n) is 14.6. The van der Waals surface area contributed by atoms with Gasteiger partial charge in [-0.1, -0.05) is 19.9 Å². The van der Waals surface area contributed by atoms with Crippen LogP contribution in [0, 0.1) is 20.8 Å². The first-order valence-electron chi connectivity index (χ1n) is 7.80. The topological polar surface area (TPSA) is 41.5 Å². The predicted molar refractivity (Wildman–Crippen MR) is 89.1 cm³/mol. The van der Waals surface area contributed by atoms with E-state index < -0.39 is 0 Å². The SMILES string of the molecule is Cc1cc(C)c(C)c(OC(C)CC(C)(CO)NC(C)C)c1. The van der Waals surface area contributed by atoms with Crippen LogP contribution < -0.4 is 10.1 Å². The van der Waals surface area contributed by atoms with Crippen LogP contribution in [0.15, 0.2) is 12.1 Å². The minimum absolute atomic E-state index is 0.0355. The summed E-state index contributed by atoms with van der Waals surface area (Å²) in [5.41, 5.74) is 3.34. The zero-order chi connectivity index (χ0) is 16.2. The molecule has 21 heavy (non-hydrogen) atoms. The van der Waals surface area contributed by atoms with E-state index >= 15 is 0 Å². The van der Waals surface area contributed by atoms with E-state index in [2.05, 4.69) is 59.0 Å². The third-order valence-corrected chi connectivity index (χ3v) is 3.82. The minimum Gasteiger partial charge on any atom is -0.490 e. The summed E-state index contributed by atoms with van der Waals surface area (Å²) in [5, 5.41) is 13.1. The normalized spacial score (nSPS) is 15.9. The van der Waals surface area contributed by atoms with Gasteiger partial charge in [0.15, 0.2) is 0 Å². The summed E-state index contributed by atoms with van der Waals surface area (Å²) < 4.78 is 6.13. The van der Waals surface area contributed by atoms with E-state index in [1.54, 1.807) is 0 Å². The van der Waals surface area contributed by atoms with Gasteiger partial charge in [0.05, 0.1) is 12.7 Å². The number of nitrogens with one attached hydrogen (secondary N) is 1. The third-order valence-electron chi connectivity index (χ3n) is 3.82. The van der Waals surface area contributed by atoms with Gasteiger partial charge in [-0.25, -0.2) is 0 Å². The number of aryl methyl sites for hydroxylation is 2. The molecule has 2 unspecified atom stereocenters. The average molecular weight is 293 g/mol.